The summed E-state index contributed by atoms with van der Waals surface area (Å²) in [6, 6.07) is 12.4. The van der Waals surface area contributed by atoms with E-state index in [1.54, 1.807) is 0 Å². The van der Waals surface area contributed by atoms with Crippen LogP contribution in [0.3, 0.4) is 0 Å². The van der Waals surface area contributed by atoms with Gasteiger partial charge in [-0.3, -0.25) is 4.90 Å². The third-order valence-corrected chi connectivity index (χ3v) is 4.78. The Hall–Kier alpha value is -2.03. The number of para-hydroxylation sites is 1. The molecule has 1 aromatic heterocycles. The largest absolute Gasteiger partial charge is 0.369 e. The number of benzene rings is 1. The molecule has 0 radical (unpaired) electrons. The lowest BCUT2D eigenvalue weighted by atomic mass is 10.1. The molecule has 23 heavy (non-hydrogen) atoms. The fraction of sp³-hybridized carbons (Fsp3) is 0.412. The summed E-state index contributed by atoms with van der Waals surface area (Å²) < 4.78 is 1.92. The Balaban J connectivity index is 1.74. The van der Waals surface area contributed by atoms with Crippen LogP contribution in [0.15, 0.2) is 30.3 Å². The van der Waals surface area contributed by atoms with Gasteiger partial charge in [0.2, 0.25) is 0 Å². The number of hydrogen-bond donors (Lipinski definition) is 0. The second kappa shape index (κ2) is 6.61. The molecule has 5 nitrogen and oxygen atoms in total. The molecule has 0 N–H and O–H groups in total. The molecule has 1 atom stereocenters. The molecule has 6 heteroatoms. The van der Waals surface area contributed by atoms with Gasteiger partial charge in [0.05, 0.1) is 11.8 Å². The van der Waals surface area contributed by atoms with E-state index >= 15 is 0 Å². The van der Waals surface area contributed by atoms with Gasteiger partial charge in [-0.2, -0.15) is 5.26 Å². The van der Waals surface area contributed by atoms with Crippen LogP contribution in [0.1, 0.15) is 17.6 Å². The maximum absolute atomic E-state index is 9.67. The first-order valence-corrected chi connectivity index (χ1v) is 8.12. The number of rotatable bonds is 3. The Morgan fingerprint density at radius 3 is 2.35 bits per heavy atom. The van der Waals surface area contributed by atoms with Crippen LogP contribution in [0, 0.1) is 18.3 Å². The van der Waals surface area contributed by atoms with E-state index < -0.39 is 0 Å². The van der Waals surface area contributed by atoms with Crippen LogP contribution in [0.4, 0.5) is 5.69 Å². The summed E-state index contributed by atoms with van der Waals surface area (Å²) in [6.07, 6.45) is 0. The Morgan fingerprint density at radius 1 is 1.17 bits per heavy atom. The number of aryl methyl sites for hydroxylation is 1. The van der Waals surface area contributed by atoms with Gasteiger partial charge in [0.1, 0.15) is 11.9 Å². The van der Waals surface area contributed by atoms with Crippen LogP contribution < -0.4 is 4.90 Å². The van der Waals surface area contributed by atoms with Crippen LogP contribution in [-0.2, 0) is 7.05 Å². The molecular weight excluding hydrogens is 310 g/mol. The molecular formula is C17H20ClN5. The molecule has 2 heterocycles. The van der Waals surface area contributed by atoms with Crippen LogP contribution >= 0.6 is 11.6 Å². The molecule has 0 bridgehead atoms. The summed E-state index contributed by atoms with van der Waals surface area (Å²) in [5.41, 5.74) is 2.02. The highest BCUT2D eigenvalue weighted by molar-refractivity contribution is 6.30. The predicted octanol–water partition coefficient (Wildman–Crippen LogP) is 2.77. The highest BCUT2D eigenvalue weighted by Gasteiger charge is 2.29. The summed E-state index contributed by atoms with van der Waals surface area (Å²) >= 11 is 6.25. The van der Waals surface area contributed by atoms with Gasteiger partial charge in [-0.05, 0) is 19.1 Å². The van der Waals surface area contributed by atoms with E-state index in [1.807, 2.05) is 24.6 Å². The van der Waals surface area contributed by atoms with Crippen molar-refractivity contribution in [3.63, 3.8) is 0 Å². The Morgan fingerprint density at radius 2 is 1.83 bits per heavy atom. The minimum atomic E-state index is -0.355. The van der Waals surface area contributed by atoms with Gasteiger partial charge in [0.25, 0.3) is 0 Å². The Kier molecular flexibility index (Phi) is 4.56. The van der Waals surface area contributed by atoms with E-state index in [-0.39, 0.29) is 6.04 Å². The zero-order valence-electron chi connectivity index (χ0n) is 13.4. The number of imidazole rings is 1. The first-order valence-electron chi connectivity index (χ1n) is 7.74. The number of aromatic nitrogens is 2. The van der Waals surface area contributed by atoms with Gasteiger partial charge in [0, 0.05) is 38.9 Å². The van der Waals surface area contributed by atoms with Crippen LogP contribution in [0.2, 0.25) is 5.15 Å². The Labute approximate surface area is 141 Å². The zero-order chi connectivity index (χ0) is 16.4. The molecule has 2 aromatic rings. The highest BCUT2D eigenvalue weighted by atomic mass is 35.5. The lowest BCUT2D eigenvalue weighted by Crippen LogP contribution is -2.47. The molecule has 0 spiro atoms. The number of piperazine rings is 1. The van der Waals surface area contributed by atoms with Crippen molar-refractivity contribution < 1.29 is 0 Å². The molecule has 120 valence electrons. The van der Waals surface area contributed by atoms with E-state index in [4.69, 9.17) is 11.6 Å². The number of anilines is 1. The van der Waals surface area contributed by atoms with Crippen molar-refractivity contribution in [2.24, 2.45) is 7.05 Å². The number of halogens is 1. The van der Waals surface area contributed by atoms with Crippen molar-refractivity contribution >= 4 is 17.3 Å². The predicted molar refractivity (Wildman–Crippen MR) is 91.5 cm³/mol. The maximum atomic E-state index is 9.67. The molecule has 1 unspecified atom stereocenters. The van der Waals surface area contributed by atoms with Crippen molar-refractivity contribution in [2.75, 3.05) is 31.1 Å². The summed E-state index contributed by atoms with van der Waals surface area (Å²) in [5, 5.41) is 10.1. The topological polar surface area (TPSA) is 48.1 Å². The summed E-state index contributed by atoms with van der Waals surface area (Å²) in [5.74, 6) is 0.827. The minimum Gasteiger partial charge on any atom is -0.369 e. The first kappa shape index (κ1) is 15.9. The summed E-state index contributed by atoms with van der Waals surface area (Å²) in [7, 11) is 1.91. The summed E-state index contributed by atoms with van der Waals surface area (Å²) in [6.45, 7) is 5.35. The number of nitriles is 1. The molecule has 0 saturated carbocycles. The molecule has 1 fully saturated rings. The zero-order valence-corrected chi connectivity index (χ0v) is 14.2. The monoisotopic (exact) mass is 329 g/mol. The number of nitrogens with zero attached hydrogens (tertiary/aromatic N) is 5. The standard InChI is InChI=1S/C17H20ClN5/c1-13-20-17(18)16(21(13)2)15(12-19)23-10-8-22(9-11-23)14-6-4-3-5-7-14/h3-7,15H,8-11H2,1-2H3. The van der Waals surface area contributed by atoms with E-state index in [1.165, 1.54) is 5.69 Å². The van der Waals surface area contributed by atoms with Crippen LogP contribution in [0.25, 0.3) is 0 Å². The quantitative estimate of drug-likeness (QED) is 0.868. The highest BCUT2D eigenvalue weighted by Crippen LogP contribution is 2.29. The van der Waals surface area contributed by atoms with Crippen molar-refractivity contribution in [1.82, 2.24) is 14.5 Å². The molecule has 0 aliphatic carbocycles. The third-order valence-electron chi connectivity index (χ3n) is 4.50. The van der Waals surface area contributed by atoms with Gasteiger partial charge in [-0.25, -0.2) is 4.98 Å². The van der Waals surface area contributed by atoms with E-state index in [0.717, 1.165) is 37.7 Å². The maximum Gasteiger partial charge on any atom is 0.153 e. The lowest BCUT2D eigenvalue weighted by Gasteiger charge is -2.38. The molecule has 1 aromatic carbocycles. The van der Waals surface area contributed by atoms with Crippen molar-refractivity contribution in [3.8, 4) is 6.07 Å². The van der Waals surface area contributed by atoms with Gasteiger partial charge in [-0.15, -0.1) is 0 Å². The van der Waals surface area contributed by atoms with Gasteiger partial charge in [-0.1, -0.05) is 29.8 Å². The van der Waals surface area contributed by atoms with Crippen molar-refractivity contribution in [1.29, 1.82) is 5.26 Å². The second-order valence-electron chi connectivity index (χ2n) is 5.78. The van der Waals surface area contributed by atoms with Crippen LogP contribution in [0.5, 0.6) is 0 Å². The van der Waals surface area contributed by atoms with E-state index in [2.05, 4.69) is 45.1 Å². The smallest absolute Gasteiger partial charge is 0.153 e. The fourth-order valence-electron chi connectivity index (χ4n) is 3.08. The van der Waals surface area contributed by atoms with Gasteiger partial charge < -0.3 is 9.47 Å². The normalized spacial score (nSPS) is 17.0. The SMILES string of the molecule is Cc1nc(Cl)c(C(C#N)N2CCN(c3ccccc3)CC2)n1C. The molecule has 1 aliphatic rings. The van der Waals surface area contributed by atoms with E-state index in [0.29, 0.717) is 5.15 Å². The minimum absolute atomic E-state index is 0.355. The molecule has 0 amide bonds. The molecule has 1 saturated heterocycles. The van der Waals surface area contributed by atoms with Crippen LogP contribution in [-0.4, -0.2) is 40.6 Å². The second-order valence-corrected chi connectivity index (χ2v) is 6.14. The average molecular weight is 330 g/mol. The number of hydrogen-bond acceptors (Lipinski definition) is 4. The Bertz CT molecular complexity index is 711. The molecule has 1 aliphatic heterocycles. The van der Waals surface area contributed by atoms with Crippen molar-refractivity contribution in [3.05, 3.63) is 47.0 Å². The third kappa shape index (κ3) is 3.05. The van der Waals surface area contributed by atoms with Crippen molar-refractivity contribution in [2.45, 2.75) is 13.0 Å². The summed E-state index contributed by atoms with van der Waals surface area (Å²) in [4.78, 5) is 8.81. The lowest BCUT2D eigenvalue weighted by molar-refractivity contribution is 0.216. The van der Waals surface area contributed by atoms with Gasteiger partial charge >= 0.3 is 0 Å². The average Bonchev–Trinajstić information content (AvgIpc) is 2.83. The van der Waals surface area contributed by atoms with E-state index in [9.17, 15) is 5.26 Å². The fourth-order valence-corrected chi connectivity index (χ4v) is 3.43. The van der Waals surface area contributed by atoms with Gasteiger partial charge in [0.15, 0.2) is 5.15 Å². The first-order chi connectivity index (χ1) is 11.1. The molecule has 3 rings (SSSR count).